The van der Waals surface area contributed by atoms with Crippen LogP contribution in [0.25, 0.3) is 0 Å². The standard InChI is InChI=1S/C16H21NO4/c1-3-12-9-11(15(10-17-12)20-4-2)5-6-13-14(18)7-8-21-16(13)19/h9-10,18H,3-8H2,1-2H3. The summed E-state index contributed by atoms with van der Waals surface area (Å²) < 4.78 is 10.5. The van der Waals surface area contributed by atoms with E-state index in [1.807, 2.05) is 19.9 Å². The summed E-state index contributed by atoms with van der Waals surface area (Å²) in [6, 6.07) is 2.00. The molecule has 1 aromatic heterocycles. The van der Waals surface area contributed by atoms with E-state index in [0.29, 0.717) is 31.4 Å². The maximum absolute atomic E-state index is 11.7. The van der Waals surface area contributed by atoms with Crippen molar-refractivity contribution >= 4 is 5.97 Å². The van der Waals surface area contributed by atoms with E-state index in [0.717, 1.165) is 23.4 Å². The van der Waals surface area contributed by atoms with Gasteiger partial charge in [0.25, 0.3) is 0 Å². The highest BCUT2D eigenvalue weighted by atomic mass is 16.5. The topological polar surface area (TPSA) is 68.7 Å². The van der Waals surface area contributed by atoms with Crippen molar-refractivity contribution < 1.29 is 19.4 Å². The number of rotatable bonds is 6. The van der Waals surface area contributed by atoms with Crippen molar-refractivity contribution in [3.63, 3.8) is 0 Å². The van der Waals surface area contributed by atoms with Gasteiger partial charge in [0.05, 0.1) is 25.0 Å². The molecule has 0 aliphatic carbocycles. The largest absolute Gasteiger partial charge is 0.512 e. The first-order chi connectivity index (χ1) is 10.2. The third-order valence-electron chi connectivity index (χ3n) is 3.48. The third-order valence-corrected chi connectivity index (χ3v) is 3.48. The highest BCUT2D eigenvalue weighted by Gasteiger charge is 2.22. The number of pyridine rings is 1. The summed E-state index contributed by atoms with van der Waals surface area (Å²) in [4.78, 5) is 16.0. The van der Waals surface area contributed by atoms with Crippen LogP contribution in [0.3, 0.4) is 0 Å². The zero-order chi connectivity index (χ0) is 15.2. The molecule has 0 saturated heterocycles. The molecule has 2 rings (SSSR count). The number of aromatic nitrogens is 1. The van der Waals surface area contributed by atoms with Crippen LogP contribution in [0, 0.1) is 0 Å². The summed E-state index contributed by atoms with van der Waals surface area (Å²) in [6.07, 6.45) is 4.02. The summed E-state index contributed by atoms with van der Waals surface area (Å²) in [6.45, 7) is 4.79. The number of ether oxygens (including phenoxy) is 2. The van der Waals surface area contributed by atoms with Gasteiger partial charge in [-0.3, -0.25) is 4.98 Å². The monoisotopic (exact) mass is 291 g/mol. The molecule has 21 heavy (non-hydrogen) atoms. The Morgan fingerprint density at radius 1 is 1.38 bits per heavy atom. The van der Waals surface area contributed by atoms with Gasteiger partial charge in [-0.05, 0) is 37.8 Å². The maximum atomic E-state index is 11.7. The Balaban J connectivity index is 2.16. The predicted molar refractivity (Wildman–Crippen MR) is 78.3 cm³/mol. The first kappa shape index (κ1) is 15.4. The average molecular weight is 291 g/mol. The van der Waals surface area contributed by atoms with Crippen LogP contribution in [0.4, 0.5) is 0 Å². The minimum absolute atomic E-state index is 0.147. The van der Waals surface area contributed by atoms with Gasteiger partial charge in [-0.25, -0.2) is 4.79 Å². The van der Waals surface area contributed by atoms with Gasteiger partial charge in [0.2, 0.25) is 0 Å². The smallest absolute Gasteiger partial charge is 0.337 e. The van der Waals surface area contributed by atoms with Crippen LogP contribution < -0.4 is 4.74 Å². The number of esters is 1. The summed E-state index contributed by atoms with van der Waals surface area (Å²) in [5.41, 5.74) is 2.36. The number of hydrogen-bond donors (Lipinski definition) is 1. The van der Waals surface area contributed by atoms with Gasteiger partial charge >= 0.3 is 5.97 Å². The number of carbonyl (C=O) groups excluding carboxylic acids is 1. The Morgan fingerprint density at radius 2 is 2.19 bits per heavy atom. The molecule has 1 aromatic rings. The van der Waals surface area contributed by atoms with Crippen molar-refractivity contribution in [2.24, 2.45) is 0 Å². The lowest BCUT2D eigenvalue weighted by Gasteiger charge is -2.17. The fourth-order valence-electron chi connectivity index (χ4n) is 2.31. The number of aliphatic hydroxyl groups is 1. The molecule has 2 heterocycles. The number of carbonyl (C=O) groups is 1. The molecule has 0 spiro atoms. The Hall–Kier alpha value is -2.04. The van der Waals surface area contributed by atoms with Crippen LogP contribution in [0.2, 0.25) is 0 Å². The van der Waals surface area contributed by atoms with Gasteiger partial charge in [-0.1, -0.05) is 6.92 Å². The van der Waals surface area contributed by atoms with E-state index >= 15 is 0 Å². The second-order valence-electron chi connectivity index (χ2n) is 4.88. The fraction of sp³-hybridized carbons (Fsp3) is 0.500. The fourth-order valence-corrected chi connectivity index (χ4v) is 2.31. The first-order valence-electron chi connectivity index (χ1n) is 7.34. The maximum Gasteiger partial charge on any atom is 0.337 e. The zero-order valence-electron chi connectivity index (χ0n) is 12.5. The Morgan fingerprint density at radius 3 is 2.86 bits per heavy atom. The highest BCUT2D eigenvalue weighted by Crippen LogP contribution is 2.25. The molecule has 114 valence electrons. The van der Waals surface area contributed by atoms with Crippen molar-refractivity contribution in [3.8, 4) is 5.75 Å². The van der Waals surface area contributed by atoms with E-state index in [4.69, 9.17) is 9.47 Å². The van der Waals surface area contributed by atoms with Crippen LogP contribution in [-0.4, -0.2) is 29.3 Å². The van der Waals surface area contributed by atoms with Crippen molar-refractivity contribution in [1.29, 1.82) is 0 Å². The minimum atomic E-state index is -0.415. The summed E-state index contributed by atoms with van der Waals surface area (Å²) in [5, 5.41) is 9.83. The Labute approximate surface area is 124 Å². The van der Waals surface area contributed by atoms with Crippen LogP contribution in [0.15, 0.2) is 23.6 Å². The third kappa shape index (κ3) is 3.74. The van der Waals surface area contributed by atoms with Gasteiger partial charge in [-0.15, -0.1) is 0 Å². The van der Waals surface area contributed by atoms with Crippen LogP contribution in [0.1, 0.15) is 37.9 Å². The summed E-state index contributed by atoms with van der Waals surface area (Å²) in [5.74, 6) is 0.467. The van der Waals surface area contributed by atoms with Crippen LogP contribution in [0.5, 0.6) is 5.75 Å². The zero-order valence-corrected chi connectivity index (χ0v) is 12.5. The average Bonchev–Trinajstić information content (AvgIpc) is 2.48. The van der Waals surface area contributed by atoms with Crippen molar-refractivity contribution in [3.05, 3.63) is 34.9 Å². The number of hydrogen-bond acceptors (Lipinski definition) is 5. The van der Waals surface area contributed by atoms with Crippen molar-refractivity contribution in [2.75, 3.05) is 13.2 Å². The molecule has 0 bridgehead atoms. The highest BCUT2D eigenvalue weighted by molar-refractivity contribution is 5.89. The van der Waals surface area contributed by atoms with E-state index in [2.05, 4.69) is 4.98 Å². The minimum Gasteiger partial charge on any atom is -0.512 e. The Bertz CT molecular complexity index is 551. The van der Waals surface area contributed by atoms with Gasteiger partial charge in [0.15, 0.2) is 0 Å². The molecule has 0 radical (unpaired) electrons. The Kier molecular flexibility index (Phi) is 5.20. The molecule has 0 aromatic carbocycles. The predicted octanol–water partition coefficient (Wildman–Crippen LogP) is 2.73. The van der Waals surface area contributed by atoms with Crippen molar-refractivity contribution in [2.45, 2.75) is 39.5 Å². The van der Waals surface area contributed by atoms with Gasteiger partial charge in [0, 0.05) is 12.1 Å². The quantitative estimate of drug-likeness (QED) is 0.816. The lowest BCUT2D eigenvalue weighted by atomic mass is 10.0. The van der Waals surface area contributed by atoms with E-state index in [9.17, 15) is 9.90 Å². The molecular weight excluding hydrogens is 270 g/mol. The molecule has 1 aliphatic heterocycles. The molecule has 1 aliphatic rings. The van der Waals surface area contributed by atoms with Gasteiger partial charge in [0.1, 0.15) is 11.5 Å². The second-order valence-corrected chi connectivity index (χ2v) is 4.88. The van der Waals surface area contributed by atoms with E-state index in [1.165, 1.54) is 0 Å². The SMILES string of the molecule is CCOc1cnc(CC)cc1CCC1=C(O)CCOC1=O. The molecule has 0 saturated carbocycles. The number of cyclic esters (lactones) is 1. The number of aliphatic hydroxyl groups excluding tert-OH is 1. The number of nitrogens with zero attached hydrogens (tertiary/aromatic N) is 1. The molecule has 5 nitrogen and oxygen atoms in total. The normalized spacial score (nSPS) is 15.0. The van der Waals surface area contributed by atoms with E-state index in [-0.39, 0.29) is 12.4 Å². The second kappa shape index (κ2) is 7.11. The van der Waals surface area contributed by atoms with Crippen molar-refractivity contribution in [1.82, 2.24) is 4.98 Å². The first-order valence-corrected chi connectivity index (χ1v) is 7.34. The number of aryl methyl sites for hydroxylation is 2. The lowest BCUT2D eigenvalue weighted by molar-refractivity contribution is -0.140. The molecular formula is C16H21NO4. The molecule has 0 amide bonds. The molecule has 1 N–H and O–H groups in total. The molecule has 5 heteroatoms. The van der Waals surface area contributed by atoms with E-state index in [1.54, 1.807) is 6.20 Å². The molecule has 0 atom stereocenters. The van der Waals surface area contributed by atoms with Crippen LogP contribution in [-0.2, 0) is 22.4 Å². The summed E-state index contributed by atoms with van der Waals surface area (Å²) in [7, 11) is 0. The van der Waals surface area contributed by atoms with E-state index < -0.39 is 5.97 Å². The van der Waals surface area contributed by atoms with Crippen LogP contribution >= 0.6 is 0 Å². The lowest BCUT2D eigenvalue weighted by Crippen LogP contribution is -2.18. The summed E-state index contributed by atoms with van der Waals surface area (Å²) >= 11 is 0. The molecule has 0 fully saturated rings. The van der Waals surface area contributed by atoms with Gasteiger partial charge < -0.3 is 14.6 Å². The van der Waals surface area contributed by atoms with Gasteiger partial charge in [-0.2, -0.15) is 0 Å². The molecule has 0 unspecified atom stereocenters.